The zero-order valence-electron chi connectivity index (χ0n) is 14.0. The lowest BCUT2D eigenvalue weighted by atomic mass is 9.98. The van der Waals surface area contributed by atoms with Crippen molar-refractivity contribution in [3.63, 3.8) is 0 Å². The first-order chi connectivity index (χ1) is 11.6. The van der Waals surface area contributed by atoms with Gasteiger partial charge in [-0.15, -0.1) is 11.3 Å². The first-order valence-electron chi connectivity index (χ1n) is 8.27. The molecule has 0 aromatic carbocycles. The SMILES string of the molecule is CCC(=O)N1CCCC[C@H]1c1ccc2c(N)c(C(=O)NC)sc2n1. The highest BCUT2D eigenvalue weighted by molar-refractivity contribution is 7.21. The van der Waals surface area contributed by atoms with E-state index < -0.39 is 0 Å². The number of thiophene rings is 1. The van der Waals surface area contributed by atoms with Crippen LogP contribution in [0.25, 0.3) is 10.2 Å². The van der Waals surface area contributed by atoms with Gasteiger partial charge in [-0.25, -0.2) is 4.98 Å². The molecule has 2 amide bonds. The number of anilines is 1. The van der Waals surface area contributed by atoms with Crippen molar-refractivity contribution >= 4 is 39.1 Å². The van der Waals surface area contributed by atoms with Crippen LogP contribution in [-0.4, -0.2) is 35.3 Å². The van der Waals surface area contributed by atoms with Gasteiger partial charge in [0.2, 0.25) is 5.91 Å². The van der Waals surface area contributed by atoms with Gasteiger partial charge < -0.3 is 16.0 Å². The van der Waals surface area contributed by atoms with E-state index in [0.29, 0.717) is 17.0 Å². The molecule has 24 heavy (non-hydrogen) atoms. The van der Waals surface area contributed by atoms with E-state index in [9.17, 15) is 9.59 Å². The van der Waals surface area contributed by atoms with E-state index in [2.05, 4.69) is 5.32 Å². The summed E-state index contributed by atoms with van der Waals surface area (Å²) in [5, 5.41) is 3.40. The van der Waals surface area contributed by atoms with Gasteiger partial charge in [0.1, 0.15) is 9.71 Å². The average Bonchev–Trinajstić information content (AvgIpc) is 2.96. The van der Waals surface area contributed by atoms with Crippen LogP contribution in [0.3, 0.4) is 0 Å². The summed E-state index contributed by atoms with van der Waals surface area (Å²) in [7, 11) is 1.58. The quantitative estimate of drug-likeness (QED) is 0.894. The highest BCUT2D eigenvalue weighted by Crippen LogP contribution is 2.36. The maximum absolute atomic E-state index is 12.2. The summed E-state index contributed by atoms with van der Waals surface area (Å²) in [6.45, 7) is 2.67. The van der Waals surface area contributed by atoms with Gasteiger partial charge in [0.05, 0.1) is 17.4 Å². The van der Waals surface area contributed by atoms with Crippen LogP contribution in [0, 0.1) is 0 Å². The Labute approximate surface area is 145 Å². The molecular weight excluding hydrogens is 324 g/mol. The van der Waals surface area contributed by atoms with Gasteiger partial charge in [-0.2, -0.15) is 0 Å². The maximum atomic E-state index is 12.2. The van der Waals surface area contributed by atoms with E-state index in [1.165, 1.54) is 11.3 Å². The summed E-state index contributed by atoms with van der Waals surface area (Å²) >= 11 is 1.30. The molecule has 1 fully saturated rings. The molecule has 6 nitrogen and oxygen atoms in total. The predicted octanol–water partition coefficient (Wildman–Crippen LogP) is 2.70. The van der Waals surface area contributed by atoms with Crippen LogP contribution in [0.2, 0.25) is 0 Å². The van der Waals surface area contributed by atoms with Crippen molar-refractivity contribution in [2.75, 3.05) is 19.3 Å². The second-order valence-corrected chi connectivity index (χ2v) is 6.96. The van der Waals surface area contributed by atoms with E-state index in [-0.39, 0.29) is 17.9 Å². The largest absolute Gasteiger partial charge is 0.397 e. The third-order valence-corrected chi connectivity index (χ3v) is 5.63. The molecule has 128 valence electrons. The monoisotopic (exact) mass is 346 g/mol. The summed E-state index contributed by atoms with van der Waals surface area (Å²) in [5.41, 5.74) is 7.44. The van der Waals surface area contributed by atoms with Crippen molar-refractivity contribution in [2.24, 2.45) is 0 Å². The Balaban J connectivity index is 2.00. The lowest BCUT2D eigenvalue weighted by Gasteiger charge is -2.35. The van der Waals surface area contributed by atoms with Crippen LogP contribution in [0.1, 0.15) is 54.0 Å². The molecule has 7 heteroatoms. The molecule has 1 atom stereocenters. The number of likely N-dealkylation sites (tertiary alicyclic amines) is 1. The Morgan fingerprint density at radius 3 is 2.92 bits per heavy atom. The highest BCUT2D eigenvalue weighted by atomic mass is 32.1. The smallest absolute Gasteiger partial charge is 0.263 e. The number of nitrogen functional groups attached to an aromatic ring is 1. The number of rotatable bonds is 3. The fraction of sp³-hybridized carbons (Fsp3) is 0.471. The maximum Gasteiger partial charge on any atom is 0.263 e. The number of nitrogens with two attached hydrogens (primary N) is 1. The predicted molar refractivity (Wildman–Crippen MR) is 96.0 cm³/mol. The number of nitrogens with zero attached hydrogens (tertiary/aromatic N) is 2. The van der Waals surface area contributed by atoms with Crippen LogP contribution in [0.4, 0.5) is 5.69 Å². The van der Waals surface area contributed by atoms with E-state index in [4.69, 9.17) is 10.7 Å². The van der Waals surface area contributed by atoms with Gasteiger partial charge >= 0.3 is 0 Å². The number of pyridine rings is 1. The summed E-state index contributed by atoms with van der Waals surface area (Å²) in [5.74, 6) is -0.0316. The van der Waals surface area contributed by atoms with E-state index in [1.807, 2.05) is 24.0 Å². The van der Waals surface area contributed by atoms with Gasteiger partial charge in [0.15, 0.2) is 0 Å². The Hall–Kier alpha value is -2.15. The summed E-state index contributed by atoms with van der Waals surface area (Å²) in [6, 6.07) is 3.87. The van der Waals surface area contributed by atoms with Crippen LogP contribution in [0.15, 0.2) is 12.1 Å². The molecule has 0 aliphatic carbocycles. The normalized spacial score (nSPS) is 17.9. The molecule has 0 spiro atoms. The number of piperidine rings is 1. The molecule has 2 aromatic heterocycles. The number of hydrogen-bond donors (Lipinski definition) is 2. The van der Waals surface area contributed by atoms with Crippen molar-refractivity contribution in [3.8, 4) is 0 Å². The first-order valence-corrected chi connectivity index (χ1v) is 9.09. The molecule has 0 bridgehead atoms. The summed E-state index contributed by atoms with van der Waals surface area (Å²) in [4.78, 5) is 32.0. The number of carbonyl (C=O) groups is 2. The van der Waals surface area contributed by atoms with Gasteiger partial charge in [0, 0.05) is 25.4 Å². The average molecular weight is 346 g/mol. The van der Waals surface area contributed by atoms with Gasteiger partial charge in [-0.05, 0) is 31.4 Å². The third-order valence-electron chi connectivity index (χ3n) is 4.52. The molecule has 3 heterocycles. The van der Waals surface area contributed by atoms with Gasteiger partial charge in [-0.3, -0.25) is 9.59 Å². The summed E-state index contributed by atoms with van der Waals surface area (Å²) in [6.07, 6.45) is 3.56. The molecule has 1 aliphatic heterocycles. The molecule has 3 rings (SSSR count). The molecule has 3 N–H and O–H groups in total. The Morgan fingerprint density at radius 1 is 1.42 bits per heavy atom. The van der Waals surface area contributed by atoms with E-state index in [1.54, 1.807) is 7.05 Å². The van der Waals surface area contributed by atoms with Crippen molar-refractivity contribution in [1.82, 2.24) is 15.2 Å². The lowest BCUT2D eigenvalue weighted by Crippen LogP contribution is -2.38. The summed E-state index contributed by atoms with van der Waals surface area (Å²) < 4.78 is 0. The second-order valence-electron chi connectivity index (χ2n) is 5.97. The molecule has 0 radical (unpaired) electrons. The van der Waals surface area contributed by atoms with Crippen molar-refractivity contribution in [1.29, 1.82) is 0 Å². The molecule has 0 unspecified atom stereocenters. The Morgan fingerprint density at radius 2 is 2.21 bits per heavy atom. The molecule has 1 saturated heterocycles. The molecule has 2 aromatic rings. The van der Waals surface area contributed by atoms with Gasteiger partial charge in [0.25, 0.3) is 5.91 Å². The van der Waals surface area contributed by atoms with Crippen molar-refractivity contribution in [3.05, 3.63) is 22.7 Å². The molecular formula is C17H22N4O2S. The first kappa shape index (κ1) is 16.7. The zero-order chi connectivity index (χ0) is 17.3. The number of nitrogens with one attached hydrogen (secondary N) is 1. The number of carbonyl (C=O) groups excluding carboxylic acids is 2. The van der Waals surface area contributed by atoms with Crippen LogP contribution >= 0.6 is 11.3 Å². The Bertz CT molecular complexity index is 786. The third kappa shape index (κ3) is 2.84. The highest BCUT2D eigenvalue weighted by Gasteiger charge is 2.28. The van der Waals surface area contributed by atoms with E-state index in [0.717, 1.165) is 41.7 Å². The van der Waals surface area contributed by atoms with Crippen molar-refractivity contribution in [2.45, 2.75) is 38.6 Å². The number of amides is 2. The molecule has 0 saturated carbocycles. The molecule has 1 aliphatic rings. The van der Waals surface area contributed by atoms with Crippen molar-refractivity contribution < 1.29 is 9.59 Å². The minimum atomic E-state index is -0.197. The lowest BCUT2D eigenvalue weighted by molar-refractivity contribution is -0.134. The minimum Gasteiger partial charge on any atom is -0.397 e. The number of hydrogen-bond acceptors (Lipinski definition) is 5. The van der Waals surface area contributed by atoms with Gasteiger partial charge in [-0.1, -0.05) is 6.92 Å². The number of fused-ring (bicyclic) bond motifs is 1. The van der Waals surface area contributed by atoms with Crippen LogP contribution in [0.5, 0.6) is 0 Å². The standard InChI is InChI=1S/C17H22N4O2S/c1-3-13(22)21-9-5-4-6-12(21)11-8-7-10-14(18)15(16(23)19-2)24-17(10)20-11/h7-8,12H,3-6,9,18H2,1-2H3,(H,19,23)/t12-/m0/s1. The van der Waals surface area contributed by atoms with Crippen LogP contribution < -0.4 is 11.1 Å². The van der Waals surface area contributed by atoms with Crippen LogP contribution in [-0.2, 0) is 4.79 Å². The second kappa shape index (κ2) is 6.76. The topological polar surface area (TPSA) is 88.3 Å². The fourth-order valence-electron chi connectivity index (χ4n) is 3.22. The fourth-order valence-corrected chi connectivity index (χ4v) is 4.27. The van der Waals surface area contributed by atoms with E-state index >= 15 is 0 Å². The number of aromatic nitrogens is 1. The zero-order valence-corrected chi connectivity index (χ0v) is 14.8. The Kier molecular flexibility index (Phi) is 4.71. The minimum absolute atomic E-state index is 0.0161.